The van der Waals surface area contributed by atoms with Crippen LogP contribution in [0.1, 0.15) is 31.2 Å². The predicted molar refractivity (Wildman–Crippen MR) is 82.1 cm³/mol. The second kappa shape index (κ2) is 6.33. The molecule has 1 aliphatic carbocycles. The van der Waals surface area contributed by atoms with Gasteiger partial charge in [0.1, 0.15) is 5.75 Å². The highest BCUT2D eigenvalue weighted by molar-refractivity contribution is 6.31. The van der Waals surface area contributed by atoms with Gasteiger partial charge in [0.25, 0.3) is 0 Å². The van der Waals surface area contributed by atoms with Crippen molar-refractivity contribution in [3.63, 3.8) is 0 Å². The topological polar surface area (TPSA) is 35.5 Å². The van der Waals surface area contributed by atoms with Crippen molar-refractivity contribution in [2.75, 3.05) is 19.6 Å². The molecule has 0 amide bonds. The fourth-order valence-electron chi connectivity index (χ4n) is 2.88. The SMILES string of the molecule is Oc1cccc(Cl)c1CN1CCC(NCC2CC2)CC1. The van der Waals surface area contributed by atoms with Crippen molar-refractivity contribution in [3.8, 4) is 5.75 Å². The molecule has 1 aromatic carbocycles. The summed E-state index contributed by atoms with van der Waals surface area (Å²) in [5.74, 6) is 1.26. The quantitative estimate of drug-likeness (QED) is 0.876. The molecule has 3 nitrogen and oxygen atoms in total. The van der Waals surface area contributed by atoms with Crippen LogP contribution in [0.4, 0.5) is 0 Å². The molecule has 0 radical (unpaired) electrons. The van der Waals surface area contributed by atoms with Gasteiger partial charge in [-0.1, -0.05) is 17.7 Å². The van der Waals surface area contributed by atoms with Crippen LogP contribution in [0.3, 0.4) is 0 Å². The third kappa shape index (κ3) is 3.66. The largest absolute Gasteiger partial charge is 0.508 e. The Morgan fingerprint density at radius 2 is 1.95 bits per heavy atom. The summed E-state index contributed by atoms with van der Waals surface area (Å²) in [6.07, 6.45) is 5.21. The number of rotatable bonds is 5. The molecule has 1 saturated carbocycles. The van der Waals surface area contributed by atoms with Crippen LogP contribution in [0.5, 0.6) is 5.75 Å². The van der Waals surface area contributed by atoms with Crippen LogP contribution in [-0.4, -0.2) is 35.7 Å². The summed E-state index contributed by atoms with van der Waals surface area (Å²) in [7, 11) is 0. The maximum atomic E-state index is 9.90. The van der Waals surface area contributed by atoms with E-state index in [1.807, 2.05) is 6.07 Å². The zero-order valence-electron chi connectivity index (χ0n) is 11.8. The lowest BCUT2D eigenvalue weighted by molar-refractivity contribution is 0.188. The zero-order valence-corrected chi connectivity index (χ0v) is 12.6. The van der Waals surface area contributed by atoms with Gasteiger partial charge in [0.05, 0.1) is 0 Å². The highest BCUT2D eigenvalue weighted by atomic mass is 35.5. The van der Waals surface area contributed by atoms with E-state index in [0.717, 1.165) is 31.1 Å². The molecule has 2 N–H and O–H groups in total. The van der Waals surface area contributed by atoms with Crippen molar-refractivity contribution in [3.05, 3.63) is 28.8 Å². The third-order valence-corrected chi connectivity index (χ3v) is 4.81. The highest BCUT2D eigenvalue weighted by Crippen LogP contribution is 2.29. The number of benzene rings is 1. The summed E-state index contributed by atoms with van der Waals surface area (Å²) in [6, 6.07) is 6.02. The number of nitrogens with zero attached hydrogens (tertiary/aromatic N) is 1. The van der Waals surface area contributed by atoms with Gasteiger partial charge in [-0.3, -0.25) is 4.90 Å². The van der Waals surface area contributed by atoms with Gasteiger partial charge in [-0.25, -0.2) is 0 Å². The third-order valence-electron chi connectivity index (χ3n) is 4.46. The normalized spacial score (nSPS) is 21.2. The van der Waals surface area contributed by atoms with Crippen molar-refractivity contribution in [1.82, 2.24) is 10.2 Å². The first-order chi connectivity index (χ1) is 9.72. The lowest BCUT2D eigenvalue weighted by atomic mass is 10.0. The van der Waals surface area contributed by atoms with E-state index in [0.29, 0.717) is 16.8 Å². The average molecular weight is 295 g/mol. The minimum Gasteiger partial charge on any atom is -0.508 e. The van der Waals surface area contributed by atoms with Crippen LogP contribution < -0.4 is 5.32 Å². The molecule has 4 heteroatoms. The van der Waals surface area contributed by atoms with Crippen LogP contribution in [0.15, 0.2) is 18.2 Å². The van der Waals surface area contributed by atoms with Gasteiger partial charge >= 0.3 is 0 Å². The Kier molecular flexibility index (Phi) is 4.49. The number of phenolic OH excluding ortho intramolecular Hbond substituents is 1. The summed E-state index contributed by atoms with van der Waals surface area (Å²) in [5.41, 5.74) is 0.860. The Morgan fingerprint density at radius 1 is 1.20 bits per heavy atom. The van der Waals surface area contributed by atoms with Crippen molar-refractivity contribution in [2.45, 2.75) is 38.3 Å². The average Bonchev–Trinajstić information content (AvgIpc) is 3.26. The molecule has 0 bridgehead atoms. The highest BCUT2D eigenvalue weighted by Gasteiger charge is 2.24. The van der Waals surface area contributed by atoms with Gasteiger partial charge in [-0.2, -0.15) is 0 Å². The van der Waals surface area contributed by atoms with E-state index in [9.17, 15) is 5.11 Å². The minimum absolute atomic E-state index is 0.312. The van der Waals surface area contributed by atoms with E-state index in [4.69, 9.17) is 11.6 Å². The molecule has 0 spiro atoms. The van der Waals surface area contributed by atoms with Gasteiger partial charge in [0.15, 0.2) is 0 Å². The molecule has 110 valence electrons. The maximum Gasteiger partial charge on any atom is 0.121 e. The lowest BCUT2D eigenvalue weighted by Gasteiger charge is -2.32. The fraction of sp³-hybridized carbons (Fsp3) is 0.625. The fourth-order valence-corrected chi connectivity index (χ4v) is 3.11. The van der Waals surface area contributed by atoms with Crippen molar-refractivity contribution < 1.29 is 5.11 Å². The summed E-state index contributed by atoms with van der Waals surface area (Å²) in [5, 5.41) is 14.3. The number of nitrogens with one attached hydrogen (secondary N) is 1. The molecule has 1 heterocycles. The molecule has 1 saturated heterocycles. The molecule has 0 aromatic heterocycles. The first kappa shape index (κ1) is 14.2. The number of aromatic hydroxyl groups is 1. The Bertz CT molecular complexity index is 434. The zero-order chi connectivity index (χ0) is 13.9. The Balaban J connectivity index is 1.48. The smallest absolute Gasteiger partial charge is 0.121 e. The number of likely N-dealkylation sites (tertiary alicyclic amines) is 1. The van der Waals surface area contributed by atoms with E-state index in [1.165, 1.54) is 32.2 Å². The summed E-state index contributed by atoms with van der Waals surface area (Å²) < 4.78 is 0. The Hall–Kier alpha value is -0.770. The van der Waals surface area contributed by atoms with E-state index in [2.05, 4.69) is 10.2 Å². The van der Waals surface area contributed by atoms with E-state index in [-0.39, 0.29) is 0 Å². The second-order valence-corrected chi connectivity index (χ2v) is 6.55. The Morgan fingerprint density at radius 3 is 2.60 bits per heavy atom. The number of hydrogen-bond donors (Lipinski definition) is 2. The van der Waals surface area contributed by atoms with Crippen LogP contribution in [0.25, 0.3) is 0 Å². The van der Waals surface area contributed by atoms with Crippen LogP contribution >= 0.6 is 11.6 Å². The van der Waals surface area contributed by atoms with Crippen LogP contribution in [-0.2, 0) is 6.54 Å². The Labute approximate surface area is 125 Å². The second-order valence-electron chi connectivity index (χ2n) is 6.14. The molecule has 1 aliphatic heterocycles. The van der Waals surface area contributed by atoms with Gasteiger partial charge in [0, 0.05) is 23.2 Å². The molecular formula is C16H23ClN2O. The number of halogens is 1. The van der Waals surface area contributed by atoms with Crippen molar-refractivity contribution in [1.29, 1.82) is 0 Å². The van der Waals surface area contributed by atoms with E-state index < -0.39 is 0 Å². The van der Waals surface area contributed by atoms with E-state index >= 15 is 0 Å². The predicted octanol–water partition coefficient (Wildman–Crippen LogP) is 3.01. The maximum absolute atomic E-state index is 9.90. The summed E-state index contributed by atoms with van der Waals surface area (Å²) in [4.78, 5) is 2.39. The van der Waals surface area contributed by atoms with Crippen molar-refractivity contribution in [2.24, 2.45) is 5.92 Å². The van der Waals surface area contributed by atoms with Gasteiger partial charge in [0.2, 0.25) is 0 Å². The van der Waals surface area contributed by atoms with Crippen LogP contribution in [0.2, 0.25) is 5.02 Å². The summed E-state index contributed by atoms with van der Waals surface area (Å²) in [6.45, 7) is 4.11. The van der Waals surface area contributed by atoms with Gasteiger partial charge in [-0.15, -0.1) is 0 Å². The molecular weight excluding hydrogens is 272 g/mol. The standard InChI is InChI=1S/C16H23ClN2O/c17-15-2-1-3-16(20)14(15)11-19-8-6-13(7-9-19)18-10-12-4-5-12/h1-3,12-13,18,20H,4-11H2. The van der Waals surface area contributed by atoms with Crippen molar-refractivity contribution >= 4 is 11.6 Å². The lowest BCUT2D eigenvalue weighted by Crippen LogP contribution is -2.42. The monoisotopic (exact) mass is 294 g/mol. The minimum atomic E-state index is 0.312. The van der Waals surface area contributed by atoms with Crippen LogP contribution in [0, 0.1) is 5.92 Å². The molecule has 2 fully saturated rings. The number of hydrogen-bond acceptors (Lipinski definition) is 3. The molecule has 0 atom stereocenters. The first-order valence-corrected chi connectivity index (χ1v) is 8.02. The van der Waals surface area contributed by atoms with Gasteiger partial charge < -0.3 is 10.4 Å². The molecule has 2 aliphatic rings. The molecule has 0 unspecified atom stereocenters. The molecule has 1 aromatic rings. The summed E-state index contributed by atoms with van der Waals surface area (Å²) >= 11 is 6.17. The first-order valence-electron chi connectivity index (χ1n) is 7.64. The number of phenols is 1. The molecule has 3 rings (SSSR count). The molecule has 20 heavy (non-hydrogen) atoms. The number of piperidine rings is 1. The van der Waals surface area contributed by atoms with Gasteiger partial charge in [-0.05, 0) is 63.4 Å². The van der Waals surface area contributed by atoms with E-state index in [1.54, 1.807) is 12.1 Å².